The highest BCUT2D eigenvalue weighted by Crippen LogP contribution is 2.31. The number of aryl methyl sites for hydroxylation is 2. The second kappa shape index (κ2) is 6.95. The first-order valence-electron chi connectivity index (χ1n) is 8.32. The first kappa shape index (κ1) is 17.0. The Bertz CT molecular complexity index is 758. The van der Waals surface area contributed by atoms with Crippen LogP contribution < -0.4 is 5.56 Å². The lowest BCUT2D eigenvalue weighted by Crippen LogP contribution is -2.29. The van der Waals surface area contributed by atoms with E-state index in [2.05, 4.69) is 27.7 Å². The van der Waals surface area contributed by atoms with E-state index < -0.39 is 0 Å². The average Bonchev–Trinajstić information content (AvgIpc) is 3.09. The Kier molecular flexibility index (Phi) is 5.13. The van der Waals surface area contributed by atoms with Gasteiger partial charge in [-0.25, -0.2) is 4.98 Å². The summed E-state index contributed by atoms with van der Waals surface area (Å²) < 4.78 is 7.61. The fourth-order valence-corrected chi connectivity index (χ4v) is 5.12. The first-order chi connectivity index (χ1) is 11.0. The average molecular weight is 353 g/mol. The fraction of sp³-hybridized carbons (Fsp3) is 0.647. The third-order valence-corrected chi connectivity index (χ3v) is 6.22. The highest BCUT2D eigenvalue weighted by atomic mass is 32.2. The predicted molar refractivity (Wildman–Crippen MR) is 98.0 cm³/mol. The molecular weight excluding hydrogens is 328 g/mol. The summed E-state index contributed by atoms with van der Waals surface area (Å²) >= 11 is 3.30. The maximum atomic E-state index is 13.2. The minimum absolute atomic E-state index is 0.106. The lowest BCUT2D eigenvalue weighted by molar-refractivity contribution is 0.0937. The molecule has 0 aliphatic carbocycles. The number of fused-ring (bicyclic) bond motifs is 1. The molecule has 1 atom stereocenters. The zero-order chi connectivity index (χ0) is 16.6. The van der Waals surface area contributed by atoms with Gasteiger partial charge in [0.25, 0.3) is 5.56 Å². The molecular formula is C17H24N2O2S2. The van der Waals surface area contributed by atoms with Gasteiger partial charge in [-0.3, -0.25) is 9.36 Å². The molecule has 3 rings (SSSR count). The molecule has 1 aliphatic heterocycles. The van der Waals surface area contributed by atoms with Crippen molar-refractivity contribution >= 4 is 33.3 Å². The van der Waals surface area contributed by atoms with E-state index >= 15 is 0 Å². The molecule has 0 saturated carbocycles. The van der Waals surface area contributed by atoms with Gasteiger partial charge in [0.2, 0.25) is 0 Å². The summed E-state index contributed by atoms with van der Waals surface area (Å²) in [6, 6.07) is 0. The van der Waals surface area contributed by atoms with Crippen LogP contribution in [0.3, 0.4) is 0 Å². The van der Waals surface area contributed by atoms with Crippen molar-refractivity contribution in [1.82, 2.24) is 9.55 Å². The monoisotopic (exact) mass is 352 g/mol. The van der Waals surface area contributed by atoms with Crippen molar-refractivity contribution in [3.63, 3.8) is 0 Å². The minimum atomic E-state index is 0.106. The first-order valence-corrected chi connectivity index (χ1v) is 10.0. The van der Waals surface area contributed by atoms with E-state index in [0.29, 0.717) is 11.8 Å². The SMILES string of the molecule is CCc1c(C)sc2nc(SC(C)C)n(CC3CCCO3)c(=O)c12. The Morgan fingerprint density at radius 2 is 2.26 bits per heavy atom. The van der Waals surface area contributed by atoms with Crippen LogP contribution in [-0.2, 0) is 17.7 Å². The van der Waals surface area contributed by atoms with Crippen molar-refractivity contribution in [2.75, 3.05) is 6.61 Å². The molecule has 6 heteroatoms. The van der Waals surface area contributed by atoms with Crippen LogP contribution in [0.4, 0.5) is 0 Å². The Morgan fingerprint density at radius 1 is 1.48 bits per heavy atom. The van der Waals surface area contributed by atoms with E-state index in [-0.39, 0.29) is 11.7 Å². The zero-order valence-electron chi connectivity index (χ0n) is 14.2. The highest BCUT2D eigenvalue weighted by molar-refractivity contribution is 7.99. The number of hydrogen-bond donors (Lipinski definition) is 0. The van der Waals surface area contributed by atoms with Crippen molar-refractivity contribution in [2.24, 2.45) is 0 Å². The quantitative estimate of drug-likeness (QED) is 0.602. The van der Waals surface area contributed by atoms with Crippen LogP contribution in [-0.4, -0.2) is 27.5 Å². The van der Waals surface area contributed by atoms with Crippen molar-refractivity contribution in [2.45, 2.75) is 70.0 Å². The van der Waals surface area contributed by atoms with Crippen LogP contribution in [0.1, 0.15) is 44.1 Å². The van der Waals surface area contributed by atoms with Crippen LogP contribution in [0, 0.1) is 6.92 Å². The summed E-state index contributed by atoms with van der Waals surface area (Å²) in [5.41, 5.74) is 1.26. The Labute approximate surface area is 145 Å². The molecule has 1 unspecified atom stereocenters. The van der Waals surface area contributed by atoms with E-state index in [1.165, 1.54) is 4.88 Å². The van der Waals surface area contributed by atoms with Crippen LogP contribution in [0.15, 0.2) is 9.95 Å². The molecule has 1 saturated heterocycles. The van der Waals surface area contributed by atoms with Gasteiger partial charge >= 0.3 is 0 Å². The van der Waals surface area contributed by atoms with E-state index in [1.807, 2.05) is 4.57 Å². The number of thiophene rings is 1. The van der Waals surface area contributed by atoms with Gasteiger partial charge in [0, 0.05) is 16.7 Å². The van der Waals surface area contributed by atoms with Crippen molar-refractivity contribution < 1.29 is 4.74 Å². The van der Waals surface area contributed by atoms with E-state index in [0.717, 1.165) is 46.8 Å². The molecule has 3 heterocycles. The molecule has 0 radical (unpaired) electrons. The number of aromatic nitrogens is 2. The van der Waals surface area contributed by atoms with Crippen molar-refractivity contribution in [3.8, 4) is 0 Å². The number of hydrogen-bond acceptors (Lipinski definition) is 5. The molecule has 0 spiro atoms. The topological polar surface area (TPSA) is 44.1 Å². The van der Waals surface area contributed by atoms with Gasteiger partial charge < -0.3 is 4.74 Å². The molecule has 126 valence electrons. The molecule has 4 nitrogen and oxygen atoms in total. The zero-order valence-corrected chi connectivity index (χ0v) is 15.9. The van der Waals surface area contributed by atoms with Gasteiger partial charge in [-0.15, -0.1) is 11.3 Å². The van der Waals surface area contributed by atoms with Crippen LogP contribution in [0.2, 0.25) is 0 Å². The highest BCUT2D eigenvalue weighted by Gasteiger charge is 2.23. The molecule has 0 aromatic carbocycles. The van der Waals surface area contributed by atoms with Gasteiger partial charge in [-0.1, -0.05) is 32.5 Å². The normalized spacial score (nSPS) is 18.4. The standard InChI is InChI=1S/C17H24N2O2S2/c1-5-13-11(4)23-15-14(13)16(20)19(9-12-7-6-8-21-12)17(18-15)22-10(2)3/h10,12H,5-9H2,1-4H3. The third kappa shape index (κ3) is 3.35. The lowest BCUT2D eigenvalue weighted by atomic mass is 10.1. The van der Waals surface area contributed by atoms with Gasteiger partial charge in [0.05, 0.1) is 18.0 Å². The van der Waals surface area contributed by atoms with Gasteiger partial charge in [-0.2, -0.15) is 0 Å². The van der Waals surface area contributed by atoms with E-state index in [1.54, 1.807) is 23.1 Å². The summed E-state index contributed by atoms with van der Waals surface area (Å²) in [5, 5.41) is 2.04. The molecule has 2 aromatic heterocycles. The lowest BCUT2D eigenvalue weighted by Gasteiger charge is -2.17. The van der Waals surface area contributed by atoms with Crippen molar-refractivity contribution in [1.29, 1.82) is 0 Å². The molecule has 0 amide bonds. The minimum Gasteiger partial charge on any atom is -0.376 e. The summed E-state index contributed by atoms with van der Waals surface area (Å²) in [6.45, 7) is 9.89. The second-order valence-corrected chi connectivity index (χ2v) is 9.03. The van der Waals surface area contributed by atoms with Gasteiger partial charge in [0.15, 0.2) is 5.16 Å². The third-order valence-electron chi connectivity index (χ3n) is 4.18. The number of ether oxygens (including phenoxy) is 1. The summed E-state index contributed by atoms with van der Waals surface area (Å²) in [5.74, 6) is 0. The van der Waals surface area contributed by atoms with Gasteiger partial charge in [0.1, 0.15) is 4.83 Å². The van der Waals surface area contributed by atoms with Crippen molar-refractivity contribution in [3.05, 3.63) is 20.8 Å². The van der Waals surface area contributed by atoms with Crippen LogP contribution in [0.25, 0.3) is 10.2 Å². The van der Waals surface area contributed by atoms with E-state index in [9.17, 15) is 4.79 Å². The predicted octanol–water partition coefficient (Wildman–Crippen LogP) is 4.01. The molecule has 1 aliphatic rings. The maximum absolute atomic E-state index is 13.2. The van der Waals surface area contributed by atoms with Gasteiger partial charge in [-0.05, 0) is 31.7 Å². The van der Waals surface area contributed by atoms with E-state index in [4.69, 9.17) is 9.72 Å². The Hall–Kier alpha value is -0.850. The largest absolute Gasteiger partial charge is 0.376 e. The molecule has 0 bridgehead atoms. The Morgan fingerprint density at radius 3 is 2.87 bits per heavy atom. The summed E-state index contributed by atoms with van der Waals surface area (Å²) in [7, 11) is 0. The smallest absolute Gasteiger partial charge is 0.263 e. The molecule has 0 N–H and O–H groups in total. The Balaban J connectivity index is 2.15. The maximum Gasteiger partial charge on any atom is 0.263 e. The second-order valence-electron chi connectivity index (χ2n) is 6.28. The van der Waals surface area contributed by atoms with Crippen LogP contribution >= 0.6 is 23.1 Å². The number of thioether (sulfide) groups is 1. The fourth-order valence-electron chi connectivity index (χ4n) is 3.11. The number of rotatable bonds is 5. The summed E-state index contributed by atoms with van der Waals surface area (Å²) in [4.78, 5) is 20.1. The molecule has 1 fully saturated rings. The summed E-state index contributed by atoms with van der Waals surface area (Å²) in [6.07, 6.45) is 3.13. The molecule has 2 aromatic rings. The molecule has 23 heavy (non-hydrogen) atoms. The number of nitrogens with zero attached hydrogens (tertiary/aromatic N) is 2. The van der Waals surface area contributed by atoms with Crippen LogP contribution in [0.5, 0.6) is 0 Å².